The predicted octanol–water partition coefficient (Wildman–Crippen LogP) is 5.20. The minimum Gasteiger partial charge on any atom is -0.353 e. The van der Waals surface area contributed by atoms with Gasteiger partial charge >= 0.3 is 5.69 Å². The number of rotatable bonds is 10. The van der Waals surface area contributed by atoms with Crippen LogP contribution in [0.4, 0.5) is 11.4 Å². The lowest BCUT2D eigenvalue weighted by Gasteiger charge is -2.17. The van der Waals surface area contributed by atoms with E-state index < -0.39 is 27.3 Å². The second-order valence-electron chi connectivity index (χ2n) is 7.88. The maximum Gasteiger partial charge on any atom is 0.330 e. The Morgan fingerprint density at radius 2 is 1.59 bits per heavy atom. The molecule has 0 aliphatic carbocycles. The van der Waals surface area contributed by atoms with Crippen molar-refractivity contribution < 1.29 is 14.6 Å². The highest BCUT2D eigenvalue weighted by atomic mass is 33.1. The number of H-pyrrole nitrogens is 1. The Morgan fingerprint density at radius 3 is 2.22 bits per heavy atom. The summed E-state index contributed by atoms with van der Waals surface area (Å²) >= 11 is 0. The number of nitrogens with zero attached hydrogens (tertiary/aromatic N) is 3. The van der Waals surface area contributed by atoms with Crippen LogP contribution >= 0.6 is 43.2 Å². The Labute approximate surface area is 225 Å². The van der Waals surface area contributed by atoms with Gasteiger partial charge < -0.3 is 4.74 Å². The molecule has 0 unspecified atom stereocenters. The van der Waals surface area contributed by atoms with Gasteiger partial charge in [0.05, 0.1) is 25.7 Å². The van der Waals surface area contributed by atoms with E-state index in [4.69, 9.17) is 4.74 Å². The lowest BCUT2D eigenvalue weighted by molar-refractivity contribution is -0.387. The quantitative estimate of drug-likeness (QED) is 0.191. The standard InChI is InChI=1S/C22H20N4O7S4/c1-13-11-24(22(28)23-21(13)27)20-10-19(37-36-18-9-5-3-7-15(18)26(31)32)16(33-20)12-34-35-17-8-4-2-6-14(17)25(29)30/h2-9,11,16,19-20H,10,12H2,1H3,(H,23,27,28)/t16-,19+,20-/m1/s1. The molecular weight excluding hydrogens is 561 g/mol. The van der Waals surface area contributed by atoms with Crippen molar-refractivity contribution in [3.05, 3.63) is 101 Å². The number of ether oxygens (including phenoxy) is 1. The van der Waals surface area contributed by atoms with Crippen molar-refractivity contribution in [2.75, 3.05) is 5.75 Å². The molecule has 2 aromatic carbocycles. The van der Waals surface area contributed by atoms with Gasteiger partial charge in [-0.05, 0) is 19.1 Å². The molecule has 0 bridgehead atoms. The summed E-state index contributed by atoms with van der Waals surface area (Å²) in [5.41, 5.74) is -0.672. The maximum absolute atomic E-state index is 12.5. The van der Waals surface area contributed by atoms with E-state index in [1.807, 2.05) is 0 Å². The topological polar surface area (TPSA) is 150 Å². The Hall–Kier alpha value is -2.72. The highest BCUT2D eigenvalue weighted by molar-refractivity contribution is 8.77. The molecule has 0 amide bonds. The van der Waals surface area contributed by atoms with Crippen molar-refractivity contribution >= 4 is 54.6 Å². The maximum atomic E-state index is 12.5. The molecule has 0 radical (unpaired) electrons. The van der Waals surface area contributed by atoms with Crippen molar-refractivity contribution in [1.82, 2.24) is 9.55 Å². The number of nitro benzene ring substituents is 2. The van der Waals surface area contributed by atoms with Crippen LogP contribution < -0.4 is 11.2 Å². The molecule has 194 valence electrons. The smallest absolute Gasteiger partial charge is 0.330 e. The van der Waals surface area contributed by atoms with Crippen molar-refractivity contribution in [1.29, 1.82) is 0 Å². The number of nitrogens with one attached hydrogen (secondary N) is 1. The third kappa shape index (κ3) is 6.59. The van der Waals surface area contributed by atoms with Gasteiger partial charge in [-0.25, -0.2) is 4.79 Å². The molecule has 1 aliphatic rings. The van der Waals surface area contributed by atoms with Crippen molar-refractivity contribution in [3.63, 3.8) is 0 Å². The summed E-state index contributed by atoms with van der Waals surface area (Å²) in [7, 11) is 5.33. The number of benzene rings is 2. The Balaban J connectivity index is 1.52. The zero-order chi connectivity index (χ0) is 26.5. The van der Waals surface area contributed by atoms with Crippen LogP contribution in [0.5, 0.6) is 0 Å². The van der Waals surface area contributed by atoms with Gasteiger partial charge in [-0.2, -0.15) is 0 Å². The fourth-order valence-electron chi connectivity index (χ4n) is 3.56. The van der Waals surface area contributed by atoms with E-state index in [0.29, 0.717) is 27.5 Å². The third-order valence-electron chi connectivity index (χ3n) is 5.40. The molecule has 0 spiro atoms. The van der Waals surface area contributed by atoms with Crippen LogP contribution in [-0.4, -0.2) is 36.5 Å². The molecule has 37 heavy (non-hydrogen) atoms. The van der Waals surface area contributed by atoms with E-state index in [2.05, 4.69) is 4.98 Å². The van der Waals surface area contributed by atoms with Crippen molar-refractivity contribution in [3.8, 4) is 0 Å². The van der Waals surface area contributed by atoms with E-state index in [1.165, 1.54) is 66.1 Å². The second kappa shape index (κ2) is 12.2. The number of nitro groups is 2. The molecule has 1 fully saturated rings. The largest absolute Gasteiger partial charge is 0.353 e. The summed E-state index contributed by atoms with van der Waals surface area (Å²) in [4.78, 5) is 49.4. The van der Waals surface area contributed by atoms with Crippen LogP contribution in [0.3, 0.4) is 0 Å². The van der Waals surface area contributed by atoms with E-state index >= 15 is 0 Å². The molecule has 1 N–H and O–H groups in total. The zero-order valence-electron chi connectivity index (χ0n) is 19.2. The Morgan fingerprint density at radius 1 is 1.00 bits per heavy atom. The fraction of sp³-hybridized carbons (Fsp3) is 0.273. The summed E-state index contributed by atoms with van der Waals surface area (Å²) in [6.45, 7) is 1.59. The van der Waals surface area contributed by atoms with Crippen LogP contribution in [0.25, 0.3) is 0 Å². The van der Waals surface area contributed by atoms with Crippen molar-refractivity contribution in [2.24, 2.45) is 0 Å². The normalized spacial score (nSPS) is 19.1. The highest BCUT2D eigenvalue weighted by Crippen LogP contribution is 2.48. The average molecular weight is 581 g/mol. The minimum absolute atomic E-state index is 0.000752. The van der Waals surface area contributed by atoms with Gasteiger partial charge in [0.1, 0.15) is 6.23 Å². The molecule has 4 rings (SSSR count). The Kier molecular flexibility index (Phi) is 9.02. The van der Waals surface area contributed by atoms with Crippen LogP contribution in [0.1, 0.15) is 18.2 Å². The monoisotopic (exact) mass is 580 g/mol. The average Bonchev–Trinajstić information content (AvgIpc) is 3.27. The minimum atomic E-state index is -0.645. The van der Waals surface area contributed by atoms with Gasteiger partial charge in [-0.15, -0.1) is 0 Å². The van der Waals surface area contributed by atoms with Crippen LogP contribution in [0, 0.1) is 27.2 Å². The molecule has 3 atom stereocenters. The molecule has 3 aromatic rings. The first-order valence-electron chi connectivity index (χ1n) is 10.8. The summed E-state index contributed by atoms with van der Waals surface area (Å²) in [6, 6.07) is 12.9. The first-order valence-corrected chi connectivity index (χ1v) is 15.3. The van der Waals surface area contributed by atoms with Crippen molar-refractivity contribution in [2.45, 2.75) is 40.7 Å². The van der Waals surface area contributed by atoms with E-state index in [-0.39, 0.29) is 22.7 Å². The summed E-state index contributed by atoms with van der Waals surface area (Å²) in [6.07, 6.45) is 0.865. The van der Waals surface area contributed by atoms with E-state index in [1.54, 1.807) is 43.3 Å². The summed E-state index contributed by atoms with van der Waals surface area (Å²) in [5.74, 6) is 0.444. The van der Waals surface area contributed by atoms with Gasteiger partial charge in [-0.1, -0.05) is 67.4 Å². The molecule has 0 saturated carbocycles. The molecule has 2 heterocycles. The predicted molar refractivity (Wildman–Crippen MR) is 146 cm³/mol. The summed E-state index contributed by atoms with van der Waals surface area (Å²) in [5, 5.41) is 22.6. The number of hydrogen-bond acceptors (Lipinski definition) is 11. The molecule has 11 nitrogen and oxygen atoms in total. The number of aromatic nitrogens is 2. The molecule has 1 saturated heterocycles. The van der Waals surface area contributed by atoms with Gasteiger partial charge in [-0.3, -0.25) is 34.6 Å². The first-order chi connectivity index (χ1) is 17.7. The zero-order valence-corrected chi connectivity index (χ0v) is 22.4. The van der Waals surface area contributed by atoms with E-state index in [9.17, 15) is 29.8 Å². The van der Waals surface area contributed by atoms with E-state index in [0.717, 1.165) is 0 Å². The molecule has 1 aliphatic heterocycles. The van der Waals surface area contributed by atoms with Gasteiger partial charge in [0, 0.05) is 41.3 Å². The lowest BCUT2D eigenvalue weighted by atomic mass is 10.2. The molecular formula is C22H20N4O7S4. The number of para-hydroxylation sites is 2. The second-order valence-corrected chi connectivity index (χ2v) is 12.7. The third-order valence-corrected chi connectivity index (χ3v) is 10.7. The van der Waals surface area contributed by atoms with Crippen LogP contribution in [0.15, 0.2) is 74.1 Å². The lowest BCUT2D eigenvalue weighted by Crippen LogP contribution is -2.33. The number of aromatic amines is 1. The number of aryl methyl sites for hydroxylation is 1. The fourth-order valence-corrected chi connectivity index (χ4v) is 8.92. The van der Waals surface area contributed by atoms with Gasteiger partial charge in [0.2, 0.25) is 0 Å². The van der Waals surface area contributed by atoms with Gasteiger partial charge in [0.25, 0.3) is 16.9 Å². The Bertz CT molecular complexity index is 1430. The number of hydrogen-bond donors (Lipinski definition) is 1. The molecule has 15 heteroatoms. The molecule has 1 aromatic heterocycles. The van der Waals surface area contributed by atoms with Crippen LogP contribution in [-0.2, 0) is 4.74 Å². The highest BCUT2D eigenvalue weighted by Gasteiger charge is 2.38. The van der Waals surface area contributed by atoms with Gasteiger partial charge in [0.15, 0.2) is 0 Å². The summed E-state index contributed by atoms with van der Waals surface area (Å²) < 4.78 is 7.57. The van der Waals surface area contributed by atoms with Crippen LogP contribution in [0.2, 0.25) is 0 Å². The first kappa shape index (κ1) is 27.3. The SMILES string of the molecule is Cc1cn([C@H]2C[C@H](SSc3ccccc3[N+](=O)[O-])[C@@H](CSSc3ccccc3[N+](=O)[O-])O2)c(=O)[nH]c1=O.